The summed E-state index contributed by atoms with van der Waals surface area (Å²) in [5.41, 5.74) is 2.48. The molecule has 1 nitrogen and oxygen atoms in total. The summed E-state index contributed by atoms with van der Waals surface area (Å²) in [5, 5.41) is 0. The van der Waals surface area contributed by atoms with Crippen LogP contribution in [0, 0.1) is 0 Å². The Hall–Kier alpha value is -0.930. The number of halogens is 1. The van der Waals surface area contributed by atoms with Gasteiger partial charge in [-0.3, -0.25) is 0 Å². The number of fused-ring (bicyclic) bond motifs is 2. The van der Waals surface area contributed by atoms with Crippen molar-refractivity contribution in [1.29, 1.82) is 0 Å². The molecule has 0 unspecified atom stereocenters. The second kappa shape index (κ2) is 4.79. The molecule has 0 N–H and O–H groups in total. The van der Waals surface area contributed by atoms with Gasteiger partial charge in [-0.1, -0.05) is 38.1 Å². The van der Waals surface area contributed by atoms with Gasteiger partial charge in [-0.05, 0) is 46.8 Å². The first-order chi connectivity index (χ1) is 9.73. The normalized spacial score (nSPS) is 16.7. The lowest BCUT2D eigenvalue weighted by molar-refractivity contribution is 0.405. The molecule has 0 radical (unpaired) electrons. The first-order valence-corrected chi connectivity index (χ1v) is 10.7. The van der Waals surface area contributed by atoms with Gasteiger partial charge in [-0.15, -0.1) is 0 Å². The lowest BCUT2D eigenvalue weighted by Crippen LogP contribution is -2.25. The van der Waals surface area contributed by atoms with Crippen LogP contribution in [0.25, 0.3) is 0 Å². The van der Waals surface area contributed by atoms with Crippen molar-refractivity contribution in [2.24, 2.45) is 0 Å². The second-order valence-electron chi connectivity index (χ2n) is 6.81. The topological polar surface area (TPSA) is 9.23 Å². The lowest BCUT2D eigenvalue weighted by atomic mass is 9.76. The lowest BCUT2D eigenvalue weighted by Gasteiger charge is -2.38. The molecule has 3 heteroatoms. The number of rotatable bonds is 1. The highest BCUT2D eigenvalue weighted by atomic mass is 79.9. The number of benzene rings is 2. The SMILES string of the molecule is CC1(C)c2cccc(Br)c2Oc2c1cccc2S(C)(C)C. The van der Waals surface area contributed by atoms with E-state index < -0.39 is 10.0 Å². The Kier molecular flexibility index (Phi) is 3.42. The summed E-state index contributed by atoms with van der Waals surface area (Å²) in [6.45, 7) is 4.56. The van der Waals surface area contributed by atoms with E-state index in [4.69, 9.17) is 4.74 Å². The van der Waals surface area contributed by atoms with Gasteiger partial charge >= 0.3 is 0 Å². The zero-order valence-corrected chi connectivity index (χ0v) is 15.6. The molecule has 0 saturated heterocycles. The Morgan fingerprint density at radius 1 is 0.905 bits per heavy atom. The molecule has 0 bridgehead atoms. The Labute approximate surface area is 137 Å². The summed E-state index contributed by atoms with van der Waals surface area (Å²) in [7, 11) is -0.850. The molecule has 112 valence electrons. The summed E-state index contributed by atoms with van der Waals surface area (Å²) in [4.78, 5) is 1.34. The smallest absolute Gasteiger partial charge is 0.145 e. The number of ether oxygens (including phenoxy) is 1. The summed E-state index contributed by atoms with van der Waals surface area (Å²) in [6, 6.07) is 12.9. The number of hydrogen-bond acceptors (Lipinski definition) is 1. The molecule has 0 aromatic heterocycles. The van der Waals surface area contributed by atoms with Crippen molar-refractivity contribution in [2.45, 2.75) is 24.2 Å². The van der Waals surface area contributed by atoms with E-state index >= 15 is 0 Å². The molecule has 1 aliphatic heterocycles. The van der Waals surface area contributed by atoms with Crippen LogP contribution in [0.5, 0.6) is 11.5 Å². The minimum absolute atomic E-state index is 0.0482. The summed E-state index contributed by atoms with van der Waals surface area (Å²) in [5.74, 6) is 2.02. The van der Waals surface area contributed by atoms with Gasteiger partial charge in [0.05, 0.1) is 4.47 Å². The monoisotopic (exact) mass is 364 g/mol. The van der Waals surface area contributed by atoms with Crippen molar-refractivity contribution in [3.05, 3.63) is 52.0 Å². The Morgan fingerprint density at radius 3 is 2.10 bits per heavy atom. The fourth-order valence-corrected chi connectivity index (χ4v) is 4.59. The fraction of sp³-hybridized carbons (Fsp3) is 0.333. The van der Waals surface area contributed by atoms with Gasteiger partial charge in [0, 0.05) is 21.4 Å². The van der Waals surface area contributed by atoms with Gasteiger partial charge in [-0.2, -0.15) is 0 Å². The molecule has 0 fully saturated rings. The number of para-hydroxylation sites is 2. The van der Waals surface area contributed by atoms with Gasteiger partial charge in [0.1, 0.15) is 11.5 Å². The molecule has 1 heterocycles. The van der Waals surface area contributed by atoms with Gasteiger partial charge in [0.2, 0.25) is 0 Å². The minimum Gasteiger partial charge on any atom is -0.454 e. The highest BCUT2D eigenvalue weighted by Crippen LogP contribution is 2.58. The maximum absolute atomic E-state index is 6.38. The Bertz CT molecular complexity index is 714. The molecule has 2 aromatic rings. The summed E-state index contributed by atoms with van der Waals surface area (Å²) < 4.78 is 7.40. The molecule has 0 saturated carbocycles. The van der Waals surface area contributed by atoms with Gasteiger partial charge < -0.3 is 4.74 Å². The Morgan fingerprint density at radius 2 is 1.48 bits per heavy atom. The highest BCUT2D eigenvalue weighted by Gasteiger charge is 2.37. The van der Waals surface area contributed by atoms with Crippen LogP contribution >= 0.6 is 26.0 Å². The number of hydrogen-bond donors (Lipinski definition) is 0. The molecular formula is C18H21BrOS. The van der Waals surface area contributed by atoms with Crippen molar-refractivity contribution in [1.82, 2.24) is 0 Å². The van der Waals surface area contributed by atoms with Crippen molar-refractivity contribution in [2.75, 3.05) is 18.8 Å². The molecule has 0 amide bonds. The predicted octanol–water partition coefficient (Wildman–Crippen LogP) is 5.93. The molecular weight excluding hydrogens is 344 g/mol. The van der Waals surface area contributed by atoms with Crippen LogP contribution < -0.4 is 4.74 Å². The van der Waals surface area contributed by atoms with E-state index in [9.17, 15) is 0 Å². The van der Waals surface area contributed by atoms with Crippen molar-refractivity contribution in [3.63, 3.8) is 0 Å². The van der Waals surface area contributed by atoms with Crippen LogP contribution in [0.2, 0.25) is 0 Å². The third-order valence-electron chi connectivity index (χ3n) is 4.16. The third kappa shape index (κ3) is 2.31. The molecule has 3 rings (SSSR count). The summed E-state index contributed by atoms with van der Waals surface area (Å²) >= 11 is 3.64. The van der Waals surface area contributed by atoms with Gasteiger partial charge in [-0.25, -0.2) is 10.0 Å². The van der Waals surface area contributed by atoms with Crippen LogP contribution in [0.3, 0.4) is 0 Å². The van der Waals surface area contributed by atoms with Crippen molar-refractivity contribution < 1.29 is 4.74 Å². The predicted molar refractivity (Wildman–Crippen MR) is 96.4 cm³/mol. The molecule has 2 aromatic carbocycles. The standard InChI is InChI=1S/C18H21BrOS/c1-18(2)12-8-6-10-14(19)16(12)20-17-13(18)9-7-11-15(17)21(3,4)5/h6-11H,1-5H3. The van der Waals surface area contributed by atoms with E-state index in [0.29, 0.717) is 0 Å². The highest BCUT2D eigenvalue weighted by molar-refractivity contribution is 9.10. The molecule has 21 heavy (non-hydrogen) atoms. The maximum atomic E-state index is 6.38. The van der Waals surface area contributed by atoms with Gasteiger partial charge in [0.25, 0.3) is 0 Å². The van der Waals surface area contributed by atoms with Crippen LogP contribution in [0.15, 0.2) is 45.8 Å². The average Bonchev–Trinajstić information content (AvgIpc) is 2.39. The van der Waals surface area contributed by atoms with Crippen LogP contribution in [0.1, 0.15) is 25.0 Å². The van der Waals surface area contributed by atoms with Crippen LogP contribution in [-0.2, 0) is 5.41 Å². The zero-order chi connectivity index (χ0) is 15.4. The Balaban J connectivity index is 2.31. The van der Waals surface area contributed by atoms with Crippen LogP contribution in [0.4, 0.5) is 0 Å². The van der Waals surface area contributed by atoms with Crippen LogP contribution in [-0.4, -0.2) is 18.8 Å². The van der Waals surface area contributed by atoms with E-state index in [1.165, 1.54) is 16.0 Å². The molecule has 1 aliphatic rings. The van der Waals surface area contributed by atoms with E-state index in [1.54, 1.807) is 0 Å². The van der Waals surface area contributed by atoms with Gasteiger partial charge in [0.15, 0.2) is 0 Å². The van der Waals surface area contributed by atoms with E-state index in [2.05, 4.69) is 78.9 Å². The van der Waals surface area contributed by atoms with E-state index in [-0.39, 0.29) is 5.41 Å². The maximum Gasteiger partial charge on any atom is 0.145 e. The molecule has 0 atom stereocenters. The average molecular weight is 365 g/mol. The molecule has 0 spiro atoms. The first-order valence-electron chi connectivity index (χ1n) is 7.01. The van der Waals surface area contributed by atoms with Crippen molar-refractivity contribution in [3.8, 4) is 11.5 Å². The molecule has 0 aliphatic carbocycles. The second-order valence-corrected chi connectivity index (χ2v) is 11.8. The van der Waals surface area contributed by atoms with Crippen molar-refractivity contribution >= 4 is 26.0 Å². The minimum atomic E-state index is -0.850. The third-order valence-corrected chi connectivity index (χ3v) is 6.42. The van der Waals surface area contributed by atoms with E-state index in [1.807, 2.05) is 6.07 Å². The zero-order valence-electron chi connectivity index (χ0n) is 13.2. The largest absolute Gasteiger partial charge is 0.454 e. The first kappa shape index (κ1) is 15.0. The quantitative estimate of drug-likeness (QED) is 0.608. The summed E-state index contributed by atoms with van der Waals surface area (Å²) in [6.07, 6.45) is 6.94. The van der Waals surface area contributed by atoms with E-state index in [0.717, 1.165) is 16.0 Å². The fourth-order valence-electron chi connectivity index (χ4n) is 2.95.